The minimum Gasteiger partial charge on any atom is -0.237 e. The van der Waals surface area contributed by atoms with Crippen molar-refractivity contribution in [3.63, 3.8) is 0 Å². The summed E-state index contributed by atoms with van der Waals surface area (Å²) in [6.07, 6.45) is 3.29. The number of aryl methyl sites for hydroxylation is 1. The van der Waals surface area contributed by atoms with Gasteiger partial charge in [0.05, 0.1) is 0 Å². The fraction of sp³-hybridized carbons (Fsp3) is 0.250. The molecule has 2 rings (SSSR count). The predicted molar refractivity (Wildman–Crippen MR) is 48.4 cm³/mol. The minimum atomic E-state index is 0. The van der Waals surface area contributed by atoms with Gasteiger partial charge in [-0.1, -0.05) is 13.5 Å². The quantitative estimate of drug-likeness (QED) is 0.652. The van der Waals surface area contributed by atoms with Gasteiger partial charge in [-0.2, -0.15) is 4.68 Å². The summed E-state index contributed by atoms with van der Waals surface area (Å²) in [6, 6.07) is 3.83. The van der Waals surface area contributed by atoms with Gasteiger partial charge in [0.15, 0.2) is 5.82 Å². The summed E-state index contributed by atoms with van der Waals surface area (Å²) >= 11 is 0. The third-order valence-electron chi connectivity index (χ3n) is 1.48. The molecule has 0 unspecified atom stereocenters. The maximum Gasteiger partial charge on any atom is 0.156 e. The van der Waals surface area contributed by atoms with Crippen molar-refractivity contribution in [1.29, 1.82) is 0 Å². The van der Waals surface area contributed by atoms with E-state index in [2.05, 4.69) is 20.5 Å². The van der Waals surface area contributed by atoms with Crippen molar-refractivity contribution in [3.05, 3.63) is 30.2 Å². The monoisotopic (exact) mass is 177 g/mol. The summed E-state index contributed by atoms with van der Waals surface area (Å²) < 4.78 is 1.51. The van der Waals surface area contributed by atoms with Crippen molar-refractivity contribution in [2.45, 2.75) is 14.4 Å². The number of hydrogen-bond acceptors (Lipinski definition) is 4. The lowest BCUT2D eigenvalue weighted by molar-refractivity contribution is 0.770. The molecule has 0 aromatic carbocycles. The number of rotatable bonds is 1. The molecule has 2 aromatic rings. The lowest BCUT2D eigenvalue weighted by Crippen LogP contribution is -1.97. The molecule has 0 spiro atoms. The highest BCUT2D eigenvalue weighted by atomic mass is 15.5. The van der Waals surface area contributed by atoms with Crippen LogP contribution in [0.1, 0.15) is 13.0 Å². The summed E-state index contributed by atoms with van der Waals surface area (Å²) in [6.45, 7) is 1.98. The molecule has 0 radical (unpaired) electrons. The van der Waals surface area contributed by atoms with Gasteiger partial charge in [-0.15, -0.1) is 5.10 Å². The molecule has 2 aromatic heterocycles. The van der Waals surface area contributed by atoms with Crippen LogP contribution < -0.4 is 0 Å². The van der Waals surface area contributed by atoms with Crippen LogP contribution in [0, 0.1) is 6.92 Å². The first-order valence-corrected chi connectivity index (χ1v) is 3.52. The molecule has 0 N–H and O–H groups in total. The first-order chi connectivity index (χ1) is 5.86. The Hall–Kier alpha value is -1.78. The molecule has 0 saturated heterocycles. The Morgan fingerprint density at radius 3 is 2.69 bits per heavy atom. The average Bonchev–Trinajstić information content (AvgIpc) is 2.58. The zero-order valence-electron chi connectivity index (χ0n) is 6.55. The van der Waals surface area contributed by atoms with Crippen molar-refractivity contribution >= 4 is 0 Å². The van der Waals surface area contributed by atoms with Crippen LogP contribution in [0.5, 0.6) is 0 Å². The highest BCUT2D eigenvalue weighted by molar-refractivity contribution is 5.22. The van der Waals surface area contributed by atoms with Gasteiger partial charge in [-0.3, -0.25) is 0 Å². The Balaban J connectivity index is 0.000000845. The van der Waals surface area contributed by atoms with Crippen molar-refractivity contribution in [2.75, 3.05) is 0 Å². The van der Waals surface area contributed by atoms with E-state index in [9.17, 15) is 0 Å². The summed E-state index contributed by atoms with van der Waals surface area (Å²) in [5, 5.41) is 10.7. The van der Waals surface area contributed by atoms with Crippen LogP contribution in [0.15, 0.2) is 24.7 Å². The molecular weight excluding hydrogens is 166 g/mol. The molecule has 68 valence electrons. The summed E-state index contributed by atoms with van der Waals surface area (Å²) in [4.78, 5) is 4.14. The molecule has 5 nitrogen and oxygen atoms in total. The van der Waals surface area contributed by atoms with Crippen LogP contribution in [0.4, 0.5) is 0 Å². The fourth-order valence-corrected chi connectivity index (χ4v) is 0.862. The van der Waals surface area contributed by atoms with Gasteiger partial charge in [-0.05, 0) is 29.0 Å². The van der Waals surface area contributed by atoms with E-state index >= 15 is 0 Å². The van der Waals surface area contributed by atoms with Gasteiger partial charge in [0.25, 0.3) is 0 Å². The van der Waals surface area contributed by atoms with Gasteiger partial charge in [-0.25, -0.2) is 4.98 Å². The zero-order valence-corrected chi connectivity index (χ0v) is 6.55. The second-order valence-electron chi connectivity index (χ2n) is 2.45. The van der Waals surface area contributed by atoms with E-state index in [-0.39, 0.29) is 7.43 Å². The van der Waals surface area contributed by atoms with Crippen LogP contribution in [0.25, 0.3) is 5.82 Å². The number of hydrogen-bond donors (Lipinski definition) is 0. The highest BCUT2D eigenvalue weighted by Gasteiger charge is 1.96. The minimum absolute atomic E-state index is 0. The van der Waals surface area contributed by atoms with Crippen LogP contribution in [-0.4, -0.2) is 25.2 Å². The lowest BCUT2D eigenvalue weighted by atomic mass is 10.3. The molecule has 13 heavy (non-hydrogen) atoms. The van der Waals surface area contributed by atoms with Gasteiger partial charge < -0.3 is 0 Å². The van der Waals surface area contributed by atoms with Crippen LogP contribution in [0.3, 0.4) is 0 Å². The normalized spacial score (nSPS) is 9.31. The van der Waals surface area contributed by atoms with E-state index in [1.54, 1.807) is 6.20 Å². The van der Waals surface area contributed by atoms with Crippen molar-refractivity contribution in [3.8, 4) is 5.82 Å². The SMILES string of the molecule is C.Cc1ccc(-n2cnnn2)nc1. The van der Waals surface area contributed by atoms with E-state index < -0.39 is 0 Å². The molecule has 0 saturated carbocycles. The first kappa shape index (κ1) is 9.31. The average molecular weight is 177 g/mol. The Morgan fingerprint density at radius 2 is 2.15 bits per heavy atom. The zero-order chi connectivity index (χ0) is 8.39. The lowest BCUT2D eigenvalue weighted by Gasteiger charge is -1.96. The molecule has 0 aliphatic carbocycles. The second kappa shape index (κ2) is 3.75. The molecule has 0 aliphatic rings. The van der Waals surface area contributed by atoms with E-state index in [1.807, 2.05) is 19.1 Å². The Bertz CT molecular complexity index is 351. The Labute approximate surface area is 76.4 Å². The topological polar surface area (TPSA) is 56.5 Å². The van der Waals surface area contributed by atoms with Crippen LogP contribution in [-0.2, 0) is 0 Å². The summed E-state index contributed by atoms with van der Waals surface area (Å²) in [5.74, 6) is 0.727. The predicted octanol–water partition coefficient (Wildman–Crippen LogP) is 1.00. The van der Waals surface area contributed by atoms with Crippen LogP contribution in [0.2, 0.25) is 0 Å². The third-order valence-corrected chi connectivity index (χ3v) is 1.48. The smallest absolute Gasteiger partial charge is 0.156 e. The highest BCUT2D eigenvalue weighted by Crippen LogP contribution is 2.01. The van der Waals surface area contributed by atoms with Gasteiger partial charge in [0, 0.05) is 6.20 Å². The van der Waals surface area contributed by atoms with E-state index in [4.69, 9.17) is 0 Å². The molecule has 0 aliphatic heterocycles. The van der Waals surface area contributed by atoms with Crippen LogP contribution >= 0.6 is 0 Å². The molecule has 0 amide bonds. The van der Waals surface area contributed by atoms with Gasteiger partial charge in [0.2, 0.25) is 0 Å². The number of pyridine rings is 1. The largest absolute Gasteiger partial charge is 0.237 e. The van der Waals surface area contributed by atoms with Gasteiger partial charge >= 0.3 is 0 Å². The molecule has 0 atom stereocenters. The fourth-order valence-electron chi connectivity index (χ4n) is 0.862. The van der Waals surface area contributed by atoms with E-state index in [1.165, 1.54) is 11.0 Å². The Morgan fingerprint density at radius 1 is 1.31 bits per heavy atom. The molecular formula is C8H11N5. The first-order valence-electron chi connectivity index (χ1n) is 3.52. The standard InChI is InChI=1S/C7H7N5.CH4/c1-6-2-3-7(8-4-6)12-5-9-10-11-12;/h2-5H,1H3;1H4. The number of nitrogens with zero attached hydrogens (tertiary/aromatic N) is 5. The molecule has 0 bridgehead atoms. The number of tetrazole rings is 1. The molecule has 0 fully saturated rings. The maximum atomic E-state index is 4.14. The van der Waals surface area contributed by atoms with Crippen molar-refractivity contribution < 1.29 is 0 Å². The molecule has 5 heteroatoms. The second-order valence-corrected chi connectivity index (χ2v) is 2.45. The summed E-state index contributed by atoms with van der Waals surface area (Å²) in [7, 11) is 0. The Kier molecular flexibility index (Phi) is 2.69. The van der Waals surface area contributed by atoms with Gasteiger partial charge in [0.1, 0.15) is 6.33 Å². The summed E-state index contributed by atoms with van der Waals surface area (Å²) in [5.41, 5.74) is 1.12. The van der Waals surface area contributed by atoms with E-state index in [0.717, 1.165) is 11.4 Å². The molecule has 2 heterocycles. The maximum absolute atomic E-state index is 4.14. The third kappa shape index (κ3) is 1.87. The van der Waals surface area contributed by atoms with Crippen molar-refractivity contribution in [2.24, 2.45) is 0 Å². The van der Waals surface area contributed by atoms with E-state index in [0.29, 0.717) is 0 Å². The number of aromatic nitrogens is 5. The van der Waals surface area contributed by atoms with Crippen molar-refractivity contribution in [1.82, 2.24) is 25.2 Å².